The molecule has 2 nitrogen and oxygen atoms in total. The van der Waals surface area contributed by atoms with Gasteiger partial charge in [-0.1, -0.05) is 24.3 Å². The van der Waals surface area contributed by atoms with Crippen molar-refractivity contribution in [2.45, 2.75) is 6.42 Å². The molecule has 0 heterocycles. The molecule has 17 heavy (non-hydrogen) atoms. The molecule has 0 amide bonds. The van der Waals surface area contributed by atoms with Gasteiger partial charge in [-0.15, -0.1) is 0 Å². The van der Waals surface area contributed by atoms with Crippen molar-refractivity contribution in [1.29, 1.82) is 0 Å². The maximum absolute atomic E-state index is 5.32. The Balaban J connectivity index is 2.20. The average molecular weight is 225 g/mol. The van der Waals surface area contributed by atoms with Crippen LogP contribution >= 0.6 is 0 Å². The number of benzene rings is 2. The van der Waals surface area contributed by atoms with Gasteiger partial charge < -0.3 is 9.47 Å². The average Bonchev–Trinajstić information content (AvgIpc) is 2.74. The summed E-state index contributed by atoms with van der Waals surface area (Å²) in [6, 6.07) is 13.8. The van der Waals surface area contributed by atoms with Crippen LogP contribution in [-0.2, 0) is 6.42 Å². The minimum Gasteiger partial charge on any atom is -0.493 e. The summed E-state index contributed by atoms with van der Waals surface area (Å²) >= 11 is 0. The molecule has 0 saturated carbocycles. The van der Waals surface area contributed by atoms with E-state index in [2.05, 4.69) is 30.3 Å². The number of methoxy groups -OCH3 is 2. The first-order chi connectivity index (χ1) is 8.33. The number of hydrogen-bond acceptors (Lipinski definition) is 2. The van der Waals surface area contributed by atoms with Gasteiger partial charge in [0, 0.05) is 6.07 Å². The summed E-state index contributed by atoms with van der Waals surface area (Å²) in [6.07, 6.45) is 0.922. The zero-order valence-corrected chi connectivity index (χ0v) is 9.91. The standard InChI is InChI=1S/C15H13O2/c1-16-14-8-11-7-10-5-3-4-6-12(10)13(11)9-15(14)17-2/h3-6,9H,7H2,1-2H3. The fourth-order valence-electron chi connectivity index (χ4n) is 2.36. The fourth-order valence-corrected chi connectivity index (χ4v) is 2.36. The normalized spacial score (nSPS) is 11.9. The van der Waals surface area contributed by atoms with Gasteiger partial charge in [-0.25, -0.2) is 0 Å². The lowest BCUT2D eigenvalue weighted by Crippen LogP contribution is -1.92. The Morgan fingerprint density at radius 2 is 1.88 bits per heavy atom. The van der Waals surface area contributed by atoms with Gasteiger partial charge in [-0.2, -0.15) is 0 Å². The number of fused-ring (bicyclic) bond motifs is 3. The predicted molar refractivity (Wildman–Crippen MR) is 66.6 cm³/mol. The van der Waals surface area contributed by atoms with Crippen LogP contribution in [0.4, 0.5) is 0 Å². The molecule has 1 radical (unpaired) electrons. The third kappa shape index (κ3) is 1.48. The van der Waals surface area contributed by atoms with Gasteiger partial charge in [0.05, 0.1) is 14.2 Å². The lowest BCUT2D eigenvalue weighted by Gasteiger charge is -2.09. The van der Waals surface area contributed by atoms with Crippen LogP contribution in [0.3, 0.4) is 0 Å². The van der Waals surface area contributed by atoms with Gasteiger partial charge in [-0.05, 0) is 34.7 Å². The van der Waals surface area contributed by atoms with Crippen molar-refractivity contribution in [3.8, 4) is 22.6 Å². The van der Waals surface area contributed by atoms with Gasteiger partial charge in [-0.3, -0.25) is 0 Å². The van der Waals surface area contributed by atoms with Crippen LogP contribution in [0.2, 0.25) is 0 Å². The van der Waals surface area contributed by atoms with Crippen LogP contribution in [0.15, 0.2) is 30.3 Å². The molecule has 3 rings (SSSR count). The molecule has 85 valence electrons. The second-order valence-corrected chi connectivity index (χ2v) is 4.10. The summed E-state index contributed by atoms with van der Waals surface area (Å²) in [7, 11) is 3.29. The Bertz CT molecular complexity index is 573. The quantitative estimate of drug-likeness (QED) is 0.667. The van der Waals surface area contributed by atoms with E-state index in [9.17, 15) is 0 Å². The summed E-state index contributed by atoms with van der Waals surface area (Å²) in [5, 5.41) is 0. The highest BCUT2D eigenvalue weighted by Gasteiger charge is 2.21. The van der Waals surface area contributed by atoms with Crippen molar-refractivity contribution >= 4 is 0 Å². The van der Waals surface area contributed by atoms with Crippen molar-refractivity contribution in [3.05, 3.63) is 47.5 Å². The lowest BCUT2D eigenvalue weighted by molar-refractivity contribution is 0.354. The summed E-state index contributed by atoms with van der Waals surface area (Å²) in [5.74, 6) is 1.42. The molecule has 1 aliphatic rings. The highest BCUT2D eigenvalue weighted by molar-refractivity contribution is 5.78. The lowest BCUT2D eigenvalue weighted by atomic mass is 10.1. The summed E-state index contributed by atoms with van der Waals surface area (Å²) in [5.41, 5.74) is 5.01. The van der Waals surface area contributed by atoms with Crippen molar-refractivity contribution in [1.82, 2.24) is 0 Å². The van der Waals surface area contributed by atoms with Crippen LogP contribution in [0.1, 0.15) is 11.1 Å². The maximum Gasteiger partial charge on any atom is 0.169 e. The molecule has 0 saturated heterocycles. The molecule has 0 N–H and O–H groups in total. The largest absolute Gasteiger partial charge is 0.493 e. The van der Waals surface area contributed by atoms with Gasteiger partial charge in [0.15, 0.2) is 11.5 Å². The summed E-state index contributed by atoms with van der Waals surface area (Å²) in [4.78, 5) is 0. The number of rotatable bonds is 2. The van der Waals surface area contributed by atoms with E-state index in [-0.39, 0.29) is 0 Å². The molecule has 2 aromatic rings. The van der Waals surface area contributed by atoms with Crippen LogP contribution in [0, 0.1) is 6.07 Å². The number of hydrogen-bond donors (Lipinski definition) is 0. The third-order valence-electron chi connectivity index (χ3n) is 3.19. The zero-order chi connectivity index (χ0) is 11.8. The SMILES string of the molecule is COc1[c]c2c(cc1OC)-c1ccccc1C2. The Morgan fingerprint density at radius 1 is 1.06 bits per heavy atom. The highest BCUT2D eigenvalue weighted by atomic mass is 16.5. The van der Waals surface area contributed by atoms with E-state index in [4.69, 9.17) is 9.47 Å². The first kappa shape index (κ1) is 10.2. The molecule has 2 aromatic carbocycles. The summed E-state index contributed by atoms with van der Waals surface area (Å²) in [6.45, 7) is 0. The van der Waals surface area contributed by atoms with E-state index >= 15 is 0 Å². The molecule has 0 aliphatic heterocycles. The van der Waals surface area contributed by atoms with E-state index in [1.54, 1.807) is 14.2 Å². The molecule has 0 fully saturated rings. The number of ether oxygens (including phenoxy) is 2. The van der Waals surface area contributed by atoms with Crippen LogP contribution in [0.5, 0.6) is 11.5 Å². The Labute approximate surface area is 101 Å². The molecule has 2 heteroatoms. The van der Waals surface area contributed by atoms with Gasteiger partial charge >= 0.3 is 0 Å². The van der Waals surface area contributed by atoms with E-state index in [1.807, 2.05) is 6.07 Å². The molecule has 0 atom stereocenters. The molecule has 1 aliphatic carbocycles. The van der Waals surface area contributed by atoms with Crippen molar-refractivity contribution in [2.75, 3.05) is 14.2 Å². The van der Waals surface area contributed by atoms with Crippen LogP contribution in [-0.4, -0.2) is 14.2 Å². The molecule has 0 aromatic heterocycles. The maximum atomic E-state index is 5.32. The fraction of sp³-hybridized carbons (Fsp3) is 0.200. The zero-order valence-electron chi connectivity index (χ0n) is 9.91. The van der Waals surface area contributed by atoms with Crippen molar-refractivity contribution in [2.24, 2.45) is 0 Å². The van der Waals surface area contributed by atoms with Gasteiger partial charge in [0.25, 0.3) is 0 Å². The van der Waals surface area contributed by atoms with E-state index in [0.717, 1.165) is 12.2 Å². The van der Waals surface area contributed by atoms with Crippen LogP contribution in [0.25, 0.3) is 11.1 Å². The van der Waals surface area contributed by atoms with Crippen molar-refractivity contribution in [3.63, 3.8) is 0 Å². The molecule has 0 bridgehead atoms. The molecule has 0 unspecified atom stereocenters. The molecular weight excluding hydrogens is 212 g/mol. The highest BCUT2D eigenvalue weighted by Crippen LogP contribution is 2.41. The van der Waals surface area contributed by atoms with E-state index < -0.39 is 0 Å². The van der Waals surface area contributed by atoms with E-state index in [0.29, 0.717) is 5.75 Å². The third-order valence-corrected chi connectivity index (χ3v) is 3.19. The Hall–Kier alpha value is -1.96. The van der Waals surface area contributed by atoms with Crippen molar-refractivity contribution < 1.29 is 9.47 Å². The summed E-state index contributed by atoms with van der Waals surface area (Å²) < 4.78 is 10.6. The molecule has 0 spiro atoms. The second-order valence-electron chi connectivity index (χ2n) is 4.10. The topological polar surface area (TPSA) is 18.5 Å². The minimum atomic E-state index is 0.680. The van der Waals surface area contributed by atoms with Gasteiger partial charge in [0.2, 0.25) is 0 Å². The smallest absolute Gasteiger partial charge is 0.169 e. The Morgan fingerprint density at radius 3 is 2.65 bits per heavy atom. The monoisotopic (exact) mass is 225 g/mol. The first-order valence-corrected chi connectivity index (χ1v) is 5.59. The molecular formula is C15H13O2. The minimum absolute atomic E-state index is 0.680. The Kier molecular flexibility index (Phi) is 2.29. The van der Waals surface area contributed by atoms with Gasteiger partial charge in [0.1, 0.15) is 0 Å². The van der Waals surface area contributed by atoms with E-state index in [1.165, 1.54) is 22.3 Å². The first-order valence-electron chi connectivity index (χ1n) is 5.59. The second kappa shape index (κ2) is 3.81. The van der Waals surface area contributed by atoms with Crippen LogP contribution < -0.4 is 9.47 Å². The predicted octanol–water partition coefficient (Wildman–Crippen LogP) is 3.08.